The van der Waals surface area contributed by atoms with E-state index < -0.39 is 6.04 Å². The molecule has 3 atom stereocenters. The maximum Gasteiger partial charge on any atom is 0.289 e. The number of imide groups is 1. The van der Waals surface area contributed by atoms with Crippen molar-refractivity contribution in [2.75, 3.05) is 13.1 Å². The fraction of sp³-hybridized carbons (Fsp3) is 0.524. The van der Waals surface area contributed by atoms with Gasteiger partial charge in [0.15, 0.2) is 5.76 Å². The highest BCUT2D eigenvalue weighted by Crippen LogP contribution is 2.36. The Morgan fingerprint density at radius 3 is 2.28 bits per heavy atom. The summed E-state index contributed by atoms with van der Waals surface area (Å²) in [6, 6.07) is 2.38. The highest BCUT2D eigenvalue weighted by molar-refractivity contribution is 6.08. The molecule has 3 unspecified atom stereocenters. The number of amides is 4. The van der Waals surface area contributed by atoms with Gasteiger partial charge < -0.3 is 14.6 Å². The van der Waals surface area contributed by atoms with Crippen molar-refractivity contribution < 1.29 is 23.6 Å². The third kappa shape index (κ3) is 3.59. The van der Waals surface area contributed by atoms with Gasteiger partial charge in [-0.1, -0.05) is 12.2 Å². The zero-order valence-corrected chi connectivity index (χ0v) is 16.4. The molecule has 1 N–H and O–H groups in total. The van der Waals surface area contributed by atoms with Crippen LogP contribution in [-0.4, -0.2) is 58.6 Å². The van der Waals surface area contributed by atoms with E-state index in [2.05, 4.69) is 5.32 Å². The molecule has 0 radical (unpaired) electrons. The summed E-state index contributed by atoms with van der Waals surface area (Å²) < 4.78 is 5.15. The van der Waals surface area contributed by atoms with Gasteiger partial charge in [-0.25, -0.2) is 0 Å². The van der Waals surface area contributed by atoms with Crippen molar-refractivity contribution in [3.05, 3.63) is 36.3 Å². The van der Waals surface area contributed by atoms with Crippen molar-refractivity contribution in [3.8, 4) is 0 Å². The number of likely N-dealkylation sites (tertiary alicyclic amines) is 2. The van der Waals surface area contributed by atoms with Crippen molar-refractivity contribution in [2.45, 2.75) is 44.7 Å². The molecule has 1 aromatic rings. The monoisotopic (exact) mass is 399 g/mol. The standard InChI is InChI=1S/C21H25N3O5/c1-13(24-19(26)15-5-2-3-6-16(15)20(24)27)18(25)22-14-8-10-23(11-9-14)21(28)17-7-4-12-29-17/h2-4,7,12-16H,5-6,8-11H2,1H3,(H,22,25). The Kier molecular flexibility index (Phi) is 5.25. The van der Waals surface area contributed by atoms with Crippen LogP contribution in [0.1, 0.15) is 43.2 Å². The summed E-state index contributed by atoms with van der Waals surface area (Å²) in [5.74, 6) is -1.33. The van der Waals surface area contributed by atoms with Crippen molar-refractivity contribution in [2.24, 2.45) is 11.8 Å². The van der Waals surface area contributed by atoms with Gasteiger partial charge >= 0.3 is 0 Å². The molecule has 4 amide bonds. The van der Waals surface area contributed by atoms with Gasteiger partial charge in [0.05, 0.1) is 18.1 Å². The van der Waals surface area contributed by atoms with Crippen LogP contribution < -0.4 is 5.32 Å². The first-order chi connectivity index (χ1) is 14.0. The Morgan fingerprint density at radius 2 is 1.72 bits per heavy atom. The van der Waals surface area contributed by atoms with Crippen LogP contribution in [0.3, 0.4) is 0 Å². The number of nitrogens with one attached hydrogen (secondary N) is 1. The molecule has 1 aromatic heterocycles. The number of rotatable bonds is 4. The lowest BCUT2D eigenvalue weighted by Crippen LogP contribution is -2.53. The van der Waals surface area contributed by atoms with Gasteiger partial charge in [0, 0.05) is 19.1 Å². The minimum absolute atomic E-state index is 0.0950. The van der Waals surface area contributed by atoms with E-state index in [1.807, 2.05) is 12.2 Å². The fourth-order valence-corrected chi connectivity index (χ4v) is 4.43. The van der Waals surface area contributed by atoms with E-state index in [0.717, 1.165) is 4.90 Å². The van der Waals surface area contributed by atoms with E-state index in [9.17, 15) is 19.2 Å². The van der Waals surface area contributed by atoms with Gasteiger partial charge in [0.1, 0.15) is 6.04 Å². The minimum atomic E-state index is -0.830. The van der Waals surface area contributed by atoms with E-state index >= 15 is 0 Å². The first-order valence-corrected chi connectivity index (χ1v) is 10.1. The first kappa shape index (κ1) is 19.4. The van der Waals surface area contributed by atoms with Gasteiger partial charge in [0.2, 0.25) is 17.7 Å². The Labute approximate surface area is 168 Å². The second-order valence-electron chi connectivity index (χ2n) is 7.93. The Hall–Kier alpha value is -2.90. The molecule has 2 saturated heterocycles. The van der Waals surface area contributed by atoms with Crippen LogP contribution >= 0.6 is 0 Å². The van der Waals surface area contributed by atoms with Gasteiger partial charge in [-0.05, 0) is 44.7 Å². The maximum atomic E-state index is 12.7. The van der Waals surface area contributed by atoms with Gasteiger partial charge in [-0.15, -0.1) is 0 Å². The molecule has 4 rings (SSSR count). The lowest BCUT2D eigenvalue weighted by Gasteiger charge is -2.33. The fourth-order valence-electron chi connectivity index (χ4n) is 4.43. The number of hydrogen-bond donors (Lipinski definition) is 1. The molecule has 1 aliphatic carbocycles. The lowest BCUT2D eigenvalue weighted by molar-refractivity contribution is -0.147. The van der Waals surface area contributed by atoms with E-state index in [0.29, 0.717) is 44.5 Å². The molecule has 0 spiro atoms. The van der Waals surface area contributed by atoms with E-state index in [1.54, 1.807) is 24.0 Å². The smallest absolute Gasteiger partial charge is 0.289 e. The average Bonchev–Trinajstić information content (AvgIpc) is 3.36. The number of nitrogens with zero attached hydrogens (tertiary/aromatic N) is 2. The van der Waals surface area contributed by atoms with Crippen LogP contribution in [0.2, 0.25) is 0 Å². The lowest BCUT2D eigenvalue weighted by atomic mass is 9.85. The number of carbonyl (C=O) groups excluding carboxylic acids is 4. The summed E-state index contributed by atoms with van der Waals surface area (Å²) in [5.41, 5.74) is 0. The summed E-state index contributed by atoms with van der Waals surface area (Å²) in [5, 5.41) is 2.95. The second-order valence-corrected chi connectivity index (χ2v) is 7.93. The molecule has 0 saturated carbocycles. The SMILES string of the molecule is CC(C(=O)NC1CCN(C(=O)c2ccco2)CC1)N1C(=O)C2CC=CCC2C1=O. The number of hydrogen-bond acceptors (Lipinski definition) is 5. The third-order valence-electron chi connectivity index (χ3n) is 6.17. The van der Waals surface area contributed by atoms with Crippen molar-refractivity contribution >= 4 is 23.6 Å². The number of furan rings is 1. The molecule has 8 nitrogen and oxygen atoms in total. The summed E-state index contributed by atoms with van der Waals surface area (Å²) in [4.78, 5) is 53.2. The predicted octanol–water partition coefficient (Wildman–Crippen LogP) is 1.34. The van der Waals surface area contributed by atoms with Crippen molar-refractivity contribution in [1.82, 2.24) is 15.1 Å². The Morgan fingerprint density at radius 1 is 1.10 bits per heavy atom. The molecule has 154 valence electrons. The quantitative estimate of drug-likeness (QED) is 0.608. The molecule has 8 heteroatoms. The van der Waals surface area contributed by atoms with Crippen LogP contribution in [0, 0.1) is 11.8 Å². The number of piperidine rings is 1. The predicted molar refractivity (Wildman–Crippen MR) is 102 cm³/mol. The van der Waals surface area contributed by atoms with Gasteiger partial charge in [-0.2, -0.15) is 0 Å². The topological polar surface area (TPSA) is 99.9 Å². The van der Waals surface area contributed by atoms with Crippen LogP contribution in [0.25, 0.3) is 0 Å². The first-order valence-electron chi connectivity index (χ1n) is 10.1. The minimum Gasteiger partial charge on any atom is -0.459 e. The van der Waals surface area contributed by atoms with Gasteiger partial charge in [0.25, 0.3) is 5.91 Å². The number of allylic oxidation sites excluding steroid dienone is 2. The molecule has 0 bridgehead atoms. The van der Waals surface area contributed by atoms with Crippen LogP contribution in [0.4, 0.5) is 0 Å². The molecule has 3 aliphatic rings. The molecular formula is C21H25N3O5. The van der Waals surface area contributed by atoms with E-state index in [4.69, 9.17) is 4.42 Å². The average molecular weight is 399 g/mol. The molecule has 29 heavy (non-hydrogen) atoms. The van der Waals surface area contributed by atoms with Crippen molar-refractivity contribution in [1.29, 1.82) is 0 Å². The molecule has 2 aliphatic heterocycles. The molecule has 2 fully saturated rings. The Balaban J connectivity index is 1.31. The van der Waals surface area contributed by atoms with E-state index in [-0.39, 0.29) is 41.5 Å². The summed E-state index contributed by atoms with van der Waals surface area (Å²) in [6.45, 7) is 2.62. The normalized spacial score (nSPS) is 25.8. The summed E-state index contributed by atoms with van der Waals surface area (Å²) in [7, 11) is 0. The largest absolute Gasteiger partial charge is 0.459 e. The molecule has 3 heterocycles. The maximum absolute atomic E-state index is 12.7. The van der Waals surface area contributed by atoms with Crippen LogP contribution in [-0.2, 0) is 14.4 Å². The highest BCUT2D eigenvalue weighted by atomic mass is 16.3. The van der Waals surface area contributed by atoms with E-state index in [1.165, 1.54) is 6.26 Å². The van der Waals surface area contributed by atoms with Crippen LogP contribution in [0.5, 0.6) is 0 Å². The second kappa shape index (κ2) is 7.85. The Bertz CT molecular complexity index is 813. The van der Waals surface area contributed by atoms with Crippen LogP contribution in [0.15, 0.2) is 35.0 Å². The van der Waals surface area contributed by atoms with Gasteiger partial charge in [-0.3, -0.25) is 24.1 Å². The zero-order valence-electron chi connectivity index (χ0n) is 16.4. The highest BCUT2D eigenvalue weighted by Gasteiger charge is 2.50. The third-order valence-corrected chi connectivity index (χ3v) is 6.17. The number of fused-ring (bicyclic) bond motifs is 1. The molecule has 0 aromatic carbocycles. The number of carbonyl (C=O) groups is 4. The summed E-state index contributed by atoms with van der Waals surface area (Å²) >= 11 is 0. The summed E-state index contributed by atoms with van der Waals surface area (Å²) in [6.07, 6.45) is 7.67. The van der Waals surface area contributed by atoms with Crippen molar-refractivity contribution in [3.63, 3.8) is 0 Å². The zero-order chi connectivity index (χ0) is 20.5. The molecular weight excluding hydrogens is 374 g/mol.